The third-order valence-electron chi connectivity index (χ3n) is 3.80. The maximum Gasteiger partial charge on any atom is 0.119 e. The Labute approximate surface area is 130 Å². The Hall–Kier alpha value is -1.06. The molecule has 0 saturated carbocycles. The predicted octanol–water partition coefficient (Wildman–Crippen LogP) is 3.81. The molecule has 0 aliphatic rings. The van der Waals surface area contributed by atoms with Gasteiger partial charge in [0.2, 0.25) is 0 Å². The Morgan fingerprint density at radius 3 is 2.29 bits per heavy atom. The second-order valence-electron chi connectivity index (χ2n) is 5.89. The lowest BCUT2D eigenvalue weighted by molar-refractivity contribution is 0.194. The van der Waals surface area contributed by atoms with Crippen molar-refractivity contribution in [3.8, 4) is 5.75 Å². The molecule has 0 aliphatic heterocycles. The van der Waals surface area contributed by atoms with Gasteiger partial charge in [0.25, 0.3) is 0 Å². The van der Waals surface area contributed by atoms with Crippen molar-refractivity contribution in [1.82, 2.24) is 4.90 Å². The normalized spacial score (nSPS) is 11.3. The predicted molar refractivity (Wildman–Crippen MR) is 90.7 cm³/mol. The standard InChI is InChI=1S/C18H32N2O/c1-4-5-6-12-20(16(2)3)13-7-14-21-18-10-8-17(15-19)9-11-18/h8-11,16H,4-7,12-15,19H2,1-3H3. The van der Waals surface area contributed by atoms with Gasteiger partial charge >= 0.3 is 0 Å². The van der Waals surface area contributed by atoms with Gasteiger partial charge in [-0.2, -0.15) is 0 Å². The maximum absolute atomic E-state index is 5.79. The lowest BCUT2D eigenvalue weighted by Gasteiger charge is -2.26. The molecule has 0 saturated heterocycles. The molecule has 2 N–H and O–H groups in total. The first kappa shape index (κ1) is 18.0. The van der Waals surface area contributed by atoms with E-state index in [9.17, 15) is 0 Å². The van der Waals surface area contributed by atoms with Crippen LogP contribution in [0.4, 0.5) is 0 Å². The molecular weight excluding hydrogens is 260 g/mol. The highest BCUT2D eigenvalue weighted by Gasteiger charge is 2.08. The van der Waals surface area contributed by atoms with E-state index in [1.165, 1.54) is 25.8 Å². The Balaban J connectivity index is 2.23. The van der Waals surface area contributed by atoms with Crippen molar-refractivity contribution >= 4 is 0 Å². The van der Waals surface area contributed by atoms with Crippen LogP contribution in [-0.2, 0) is 6.54 Å². The maximum atomic E-state index is 5.79. The van der Waals surface area contributed by atoms with Crippen molar-refractivity contribution in [3.63, 3.8) is 0 Å². The molecule has 120 valence electrons. The van der Waals surface area contributed by atoms with E-state index in [1.807, 2.05) is 24.3 Å². The van der Waals surface area contributed by atoms with Crippen LogP contribution in [-0.4, -0.2) is 30.6 Å². The Morgan fingerprint density at radius 2 is 1.71 bits per heavy atom. The van der Waals surface area contributed by atoms with Crippen molar-refractivity contribution in [1.29, 1.82) is 0 Å². The van der Waals surface area contributed by atoms with E-state index in [1.54, 1.807) is 0 Å². The summed E-state index contributed by atoms with van der Waals surface area (Å²) in [6.45, 7) is 10.5. The average Bonchev–Trinajstić information content (AvgIpc) is 2.50. The van der Waals surface area contributed by atoms with Gasteiger partial charge in [-0.1, -0.05) is 31.9 Å². The van der Waals surface area contributed by atoms with Crippen molar-refractivity contribution in [2.45, 2.75) is 59.0 Å². The van der Waals surface area contributed by atoms with Crippen LogP contribution in [0.1, 0.15) is 52.0 Å². The van der Waals surface area contributed by atoms with Crippen LogP contribution in [0.5, 0.6) is 5.75 Å². The van der Waals surface area contributed by atoms with Gasteiger partial charge in [-0.05, 0) is 50.9 Å². The van der Waals surface area contributed by atoms with Crippen LogP contribution in [0, 0.1) is 0 Å². The molecule has 1 rings (SSSR count). The number of rotatable bonds is 11. The van der Waals surface area contributed by atoms with Crippen LogP contribution in [0.3, 0.4) is 0 Å². The number of unbranched alkanes of at least 4 members (excludes halogenated alkanes) is 2. The van der Waals surface area contributed by atoms with Crippen LogP contribution < -0.4 is 10.5 Å². The fourth-order valence-electron chi connectivity index (χ4n) is 2.37. The minimum Gasteiger partial charge on any atom is -0.494 e. The molecule has 0 spiro atoms. The molecular formula is C18H32N2O. The number of hydrogen-bond acceptors (Lipinski definition) is 3. The molecule has 0 unspecified atom stereocenters. The number of nitrogens with two attached hydrogens (primary N) is 1. The fraction of sp³-hybridized carbons (Fsp3) is 0.667. The van der Waals surface area contributed by atoms with E-state index in [0.29, 0.717) is 12.6 Å². The fourth-order valence-corrected chi connectivity index (χ4v) is 2.37. The van der Waals surface area contributed by atoms with E-state index in [-0.39, 0.29) is 0 Å². The number of ether oxygens (including phenoxy) is 1. The molecule has 0 bridgehead atoms. The van der Waals surface area contributed by atoms with Gasteiger partial charge in [0.05, 0.1) is 6.61 Å². The summed E-state index contributed by atoms with van der Waals surface area (Å²) in [5, 5.41) is 0. The zero-order valence-corrected chi connectivity index (χ0v) is 14.0. The molecule has 3 nitrogen and oxygen atoms in total. The summed E-state index contributed by atoms with van der Waals surface area (Å²) in [7, 11) is 0. The van der Waals surface area contributed by atoms with Gasteiger partial charge < -0.3 is 15.4 Å². The van der Waals surface area contributed by atoms with Gasteiger partial charge in [-0.3, -0.25) is 0 Å². The molecule has 1 aromatic carbocycles. The van der Waals surface area contributed by atoms with Crippen molar-refractivity contribution in [2.24, 2.45) is 5.73 Å². The molecule has 21 heavy (non-hydrogen) atoms. The summed E-state index contributed by atoms with van der Waals surface area (Å²) in [5.41, 5.74) is 6.73. The second kappa shape index (κ2) is 10.6. The van der Waals surface area contributed by atoms with Crippen molar-refractivity contribution in [2.75, 3.05) is 19.7 Å². The molecule has 0 fully saturated rings. The molecule has 0 aromatic heterocycles. The molecule has 0 atom stereocenters. The monoisotopic (exact) mass is 292 g/mol. The molecule has 0 aliphatic carbocycles. The quantitative estimate of drug-likeness (QED) is 0.630. The first-order chi connectivity index (χ1) is 10.2. The first-order valence-corrected chi connectivity index (χ1v) is 8.33. The molecule has 0 amide bonds. The summed E-state index contributed by atoms with van der Waals surface area (Å²) in [5.74, 6) is 0.939. The van der Waals surface area contributed by atoms with Crippen molar-refractivity contribution < 1.29 is 4.74 Å². The van der Waals surface area contributed by atoms with Gasteiger partial charge in [-0.15, -0.1) is 0 Å². The number of nitrogens with zero attached hydrogens (tertiary/aromatic N) is 1. The van der Waals surface area contributed by atoms with Crippen LogP contribution in [0.15, 0.2) is 24.3 Å². The first-order valence-electron chi connectivity index (χ1n) is 8.33. The highest BCUT2D eigenvalue weighted by molar-refractivity contribution is 5.26. The summed E-state index contributed by atoms with van der Waals surface area (Å²) < 4.78 is 5.79. The second-order valence-corrected chi connectivity index (χ2v) is 5.89. The summed E-state index contributed by atoms with van der Waals surface area (Å²) in [6.07, 6.45) is 4.99. The third-order valence-corrected chi connectivity index (χ3v) is 3.80. The summed E-state index contributed by atoms with van der Waals surface area (Å²) in [4.78, 5) is 2.55. The Bertz CT molecular complexity index is 362. The topological polar surface area (TPSA) is 38.5 Å². The smallest absolute Gasteiger partial charge is 0.119 e. The lowest BCUT2D eigenvalue weighted by atomic mass is 10.2. The Morgan fingerprint density at radius 1 is 1.05 bits per heavy atom. The zero-order chi connectivity index (χ0) is 15.5. The van der Waals surface area contributed by atoms with E-state index in [4.69, 9.17) is 10.5 Å². The SMILES string of the molecule is CCCCCN(CCCOc1ccc(CN)cc1)C(C)C. The molecule has 0 heterocycles. The highest BCUT2D eigenvalue weighted by atomic mass is 16.5. The molecule has 3 heteroatoms. The van der Waals surface area contributed by atoms with E-state index >= 15 is 0 Å². The van der Waals surface area contributed by atoms with Crippen molar-refractivity contribution in [3.05, 3.63) is 29.8 Å². The third kappa shape index (κ3) is 7.49. The summed E-state index contributed by atoms with van der Waals surface area (Å²) in [6, 6.07) is 8.68. The number of benzene rings is 1. The van der Waals surface area contributed by atoms with Gasteiger partial charge in [0.1, 0.15) is 5.75 Å². The Kier molecular flexibility index (Phi) is 9.11. The van der Waals surface area contributed by atoms with E-state index in [2.05, 4.69) is 25.7 Å². The average molecular weight is 292 g/mol. The highest BCUT2D eigenvalue weighted by Crippen LogP contribution is 2.12. The van der Waals surface area contributed by atoms with Gasteiger partial charge in [0, 0.05) is 19.1 Å². The van der Waals surface area contributed by atoms with E-state index in [0.717, 1.165) is 30.9 Å². The van der Waals surface area contributed by atoms with E-state index < -0.39 is 0 Å². The van der Waals surface area contributed by atoms with Crippen LogP contribution in [0.25, 0.3) is 0 Å². The zero-order valence-electron chi connectivity index (χ0n) is 14.0. The minimum absolute atomic E-state index is 0.585. The van der Waals surface area contributed by atoms with Gasteiger partial charge in [-0.25, -0.2) is 0 Å². The minimum atomic E-state index is 0.585. The summed E-state index contributed by atoms with van der Waals surface area (Å²) >= 11 is 0. The lowest BCUT2D eigenvalue weighted by Crippen LogP contribution is -2.33. The van der Waals surface area contributed by atoms with Crippen LogP contribution in [0.2, 0.25) is 0 Å². The van der Waals surface area contributed by atoms with Crippen LogP contribution >= 0.6 is 0 Å². The molecule has 1 aromatic rings. The largest absolute Gasteiger partial charge is 0.494 e. The van der Waals surface area contributed by atoms with Gasteiger partial charge in [0.15, 0.2) is 0 Å². The molecule has 0 radical (unpaired) electrons. The number of hydrogen-bond donors (Lipinski definition) is 1.